The molecule has 0 spiro atoms. The summed E-state index contributed by atoms with van der Waals surface area (Å²) in [5.74, 6) is 2.29. The Labute approximate surface area is 162 Å². The largest absolute Gasteiger partial charge is 0.490 e. The lowest BCUT2D eigenvalue weighted by Crippen LogP contribution is -2.36. The lowest BCUT2D eigenvalue weighted by atomic mass is 10.2. The summed E-state index contributed by atoms with van der Waals surface area (Å²) in [6, 6.07) is 13.2. The molecule has 0 bridgehead atoms. The summed E-state index contributed by atoms with van der Waals surface area (Å²) >= 11 is 7.53. The molecule has 5 nitrogen and oxygen atoms in total. The van der Waals surface area contributed by atoms with Crippen molar-refractivity contribution in [2.75, 3.05) is 25.5 Å². The topological polar surface area (TPSA) is 59.6 Å². The van der Waals surface area contributed by atoms with E-state index in [-0.39, 0.29) is 6.03 Å². The Hall–Kier alpha value is -2.05. The fourth-order valence-electron chi connectivity index (χ4n) is 2.43. The molecule has 138 valence electrons. The highest BCUT2D eigenvalue weighted by Crippen LogP contribution is 2.30. The maximum atomic E-state index is 11.9. The van der Waals surface area contributed by atoms with Gasteiger partial charge in [0, 0.05) is 35.2 Å². The van der Waals surface area contributed by atoms with Gasteiger partial charge >= 0.3 is 6.03 Å². The van der Waals surface area contributed by atoms with Crippen LogP contribution in [-0.4, -0.2) is 31.5 Å². The van der Waals surface area contributed by atoms with Crippen LogP contribution in [0.2, 0.25) is 5.02 Å². The van der Waals surface area contributed by atoms with Crippen LogP contribution in [0.25, 0.3) is 0 Å². The minimum atomic E-state index is -0.186. The summed E-state index contributed by atoms with van der Waals surface area (Å²) in [7, 11) is 0. The summed E-state index contributed by atoms with van der Waals surface area (Å²) in [5.41, 5.74) is 0.972. The number of fused-ring (bicyclic) bond motifs is 1. The molecule has 1 aliphatic rings. The molecule has 0 saturated carbocycles. The molecule has 0 radical (unpaired) electrons. The van der Waals surface area contributed by atoms with Gasteiger partial charge < -0.3 is 20.1 Å². The van der Waals surface area contributed by atoms with Crippen molar-refractivity contribution in [1.29, 1.82) is 0 Å². The third-order valence-corrected chi connectivity index (χ3v) is 5.00. The zero-order valence-corrected chi connectivity index (χ0v) is 15.9. The van der Waals surface area contributed by atoms with E-state index in [1.54, 1.807) is 11.8 Å². The van der Waals surface area contributed by atoms with Gasteiger partial charge in [0.15, 0.2) is 11.5 Å². The van der Waals surface area contributed by atoms with E-state index in [0.717, 1.165) is 39.2 Å². The number of ether oxygens (including phenoxy) is 2. The van der Waals surface area contributed by atoms with Gasteiger partial charge in [0.25, 0.3) is 0 Å². The van der Waals surface area contributed by atoms with Crippen molar-refractivity contribution >= 4 is 29.4 Å². The third-order valence-electron chi connectivity index (χ3n) is 3.73. The first-order valence-electron chi connectivity index (χ1n) is 8.49. The number of halogens is 1. The Morgan fingerprint density at radius 1 is 1.04 bits per heavy atom. The van der Waals surface area contributed by atoms with E-state index in [0.29, 0.717) is 26.3 Å². The molecule has 3 rings (SSSR count). The van der Waals surface area contributed by atoms with Crippen LogP contribution in [0.3, 0.4) is 0 Å². The van der Waals surface area contributed by atoms with Gasteiger partial charge in [-0.05, 0) is 42.0 Å². The molecular weight excluding hydrogens is 372 g/mol. The number of benzene rings is 2. The molecular formula is C19H21ClN2O3S. The van der Waals surface area contributed by atoms with Gasteiger partial charge in [-0.2, -0.15) is 0 Å². The SMILES string of the molecule is O=C(NCCSc1ccc(Cl)cc1)NCc1ccc2c(c1)OCCCO2. The Bertz CT molecular complexity index is 740. The maximum absolute atomic E-state index is 11.9. The average molecular weight is 393 g/mol. The van der Waals surface area contributed by atoms with Crippen LogP contribution in [-0.2, 0) is 6.54 Å². The first kappa shape index (κ1) is 18.7. The smallest absolute Gasteiger partial charge is 0.315 e. The summed E-state index contributed by atoms with van der Waals surface area (Å²) in [6.07, 6.45) is 0.874. The molecule has 0 aromatic heterocycles. The van der Waals surface area contributed by atoms with Gasteiger partial charge in [-0.1, -0.05) is 17.7 Å². The van der Waals surface area contributed by atoms with Crippen molar-refractivity contribution in [3.05, 3.63) is 53.1 Å². The van der Waals surface area contributed by atoms with Crippen molar-refractivity contribution in [1.82, 2.24) is 10.6 Å². The number of hydrogen-bond donors (Lipinski definition) is 2. The standard InChI is InChI=1S/C19H21ClN2O3S/c20-15-3-5-16(6-4-15)26-11-8-21-19(23)22-13-14-2-7-17-18(12-14)25-10-1-9-24-17/h2-7,12H,1,8-11,13H2,(H2,21,22,23). The normalized spacial score (nSPS) is 13.0. The average Bonchev–Trinajstić information content (AvgIpc) is 2.90. The minimum Gasteiger partial charge on any atom is -0.490 e. The number of hydrogen-bond acceptors (Lipinski definition) is 4. The van der Waals surface area contributed by atoms with E-state index in [1.165, 1.54) is 0 Å². The van der Waals surface area contributed by atoms with Gasteiger partial charge in [-0.15, -0.1) is 11.8 Å². The molecule has 2 amide bonds. The van der Waals surface area contributed by atoms with Crippen molar-refractivity contribution in [2.24, 2.45) is 0 Å². The van der Waals surface area contributed by atoms with Crippen molar-refractivity contribution < 1.29 is 14.3 Å². The van der Waals surface area contributed by atoms with Crippen LogP contribution in [0.4, 0.5) is 4.79 Å². The molecule has 2 aromatic rings. The first-order valence-corrected chi connectivity index (χ1v) is 9.86. The molecule has 0 saturated heterocycles. The van der Waals surface area contributed by atoms with Crippen LogP contribution in [0, 0.1) is 0 Å². The minimum absolute atomic E-state index is 0.186. The van der Waals surface area contributed by atoms with Crippen LogP contribution in [0.5, 0.6) is 11.5 Å². The number of urea groups is 1. The predicted molar refractivity (Wildman–Crippen MR) is 104 cm³/mol. The van der Waals surface area contributed by atoms with E-state index in [2.05, 4.69) is 10.6 Å². The maximum Gasteiger partial charge on any atom is 0.315 e. The predicted octanol–water partition coefficient (Wildman–Crippen LogP) is 4.09. The van der Waals surface area contributed by atoms with Crippen molar-refractivity contribution in [3.63, 3.8) is 0 Å². The number of nitrogens with one attached hydrogen (secondary N) is 2. The number of rotatable bonds is 6. The van der Waals surface area contributed by atoms with Gasteiger partial charge in [-0.3, -0.25) is 0 Å². The molecule has 2 aromatic carbocycles. The van der Waals surface area contributed by atoms with E-state index >= 15 is 0 Å². The van der Waals surface area contributed by atoms with Crippen LogP contribution >= 0.6 is 23.4 Å². The second-order valence-electron chi connectivity index (χ2n) is 5.74. The molecule has 0 atom stereocenters. The molecule has 26 heavy (non-hydrogen) atoms. The van der Waals surface area contributed by atoms with E-state index in [1.807, 2.05) is 42.5 Å². The number of thioether (sulfide) groups is 1. The molecule has 1 heterocycles. The Morgan fingerprint density at radius 2 is 1.81 bits per heavy atom. The highest BCUT2D eigenvalue weighted by atomic mass is 35.5. The first-order chi connectivity index (χ1) is 12.7. The highest BCUT2D eigenvalue weighted by Gasteiger charge is 2.11. The zero-order valence-electron chi connectivity index (χ0n) is 14.3. The van der Waals surface area contributed by atoms with Crippen LogP contribution in [0.15, 0.2) is 47.4 Å². The second-order valence-corrected chi connectivity index (χ2v) is 7.35. The summed E-state index contributed by atoms with van der Waals surface area (Å²) < 4.78 is 11.3. The Balaban J connectivity index is 1.37. The monoisotopic (exact) mass is 392 g/mol. The van der Waals surface area contributed by atoms with Gasteiger partial charge in [0.05, 0.1) is 13.2 Å². The molecule has 0 fully saturated rings. The summed E-state index contributed by atoms with van der Waals surface area (Å²) in [4.78, 5) is 13.0. The number of carbonyl (C=O) groups excluding carboxylic acids is 1. The molecule has 7 heteroatoms. The van der Waals surface area contributed by atoms with E-state index in [9.17, 15) is 4.79 Å². The number of carbonyl (C=O) groups is 1. The van der Waals surface area contributed by atoms with Crippen LogP contribution < -0.4 is 20.1 Å². The molecule has 0 unspecified atom stereocenters. The van der Waals surface area contributed by atoms with Gasteiger partial charge in [0.2, 0.25) is 0 Å². The van der Waals surface area contributed by atoms with E-state index in [4.69, 9.17) is 21.1 Å². The summed E-state index contributed by atoms with van der Waals surface area (Å²) in [6.45, 7) is 2.34. The highest BCUT2D eigenvalue weighted by molar-refractivity contribution is 7.99. The molecule has 1 aliphatic heterocycles. The van der Waals surface area contributed by atoms with Crippen LogP contribution in [0.1, 0.15) is 12.0 Å². The van der Waals surface area contributed by atoms with Gasteiger partial charge in [0.1, 0.15) is 0 Å². The Morgan fingerprint density at radius 3 is 2.62 bits per heavy atom. The molecule has 2 N–H and O–H groups in total. The lowest BCUT2D eigenvalue weighted by Gasteiger charge is -2.11. The lowest BCUT2D eigenvalue weighted by molar-refractivity contribution is 0.241. The Kier molecular flexibility index (Phi) is 6.91. The van der Waals surface area contributed by atoms with E-state index < -0.39 is 0 Å². The quantitative estimate of drug-likeness (QED) is 0.574. The van der Waals surface area contributed by atoms with Crippen molar-refractivity contribution in [2.45, 2.75) is 17.9 Å². The third kappa shape index (κ3) is 5.75. The summed E-state index contributed by atoms with van der Waals surface area (Å²) in [5, 5.41) is 6.43. The fraction of sp³-hybridized carbons (Fsp3) is 0.316. The number of amides is 2. The fourth-order valence-corrected chi connectivity index (χ4v) is 3.32. The van der Waals surface area contributed by atoms with Gasteiger partial charge in [-0.25, -0.2) is 4.79 Å². The zero-order chi connectivity index (χ0) is 18.2. The molecule has 0 aliphatic carbocycles. The second kappa shape index (κ2) is 9.59. The van der Waals surface area contributed by atoms with Crippen molar-refractivity contribution in [3.8, 4) is 11.5 Å².